The molecule has 3 aromatic heterocycles. The number of hydrogen-bond donors (Lipinski definition) is 1. The Morgan fingerprint density at radius 3 is 2.85 bits per heavy atom. The summed E-state index contributed by atoms with van der Waals surface area (Å²) < 4.78 is 40.3. The number of nitrogens with two attached hydrogens (primary N) is 1. The van der Waals surface area contributed by atoms with E-state index in [1.807, 2.05) is 0 Å². The van der Waals surface area contributed by atoms with Crippen molar-refractivity contribution in [2.24, 2.45) is 4.99 Å². The Balaban J connectivity index is 0.00000261. The molecule has 0 aliphatic heterocycles. The van der Waals surface area contributed by atoms with Crippen molar-refractivity contribution in [2.45, 2.75) is 33.1 Å². The number of aromatic nitrogens is 4. The molecule has 0 fully saturated rings. The first-order valence-electron chi connectivity index (χ1n) is 7.95. The lowest BCUT2D eigenvalue weighted by Crippen LogP contribution is -1.99. The predicted molar refractivity (Wildman–Crippen MR) is 95.4 cm³/mol. The maximum atomic E-state index is 14.4. The average Bonchev–Trinajstić information content (AvgIpc) is 2.89. The van der Waals surface area contributed by atoms with Crippen molar-refractivity contribution >= 4 is 22.9 Å². The summed E-state index contributed by atoms with van der Waals surface area (Å²) in [6, 6.07) is 3.31. The summed E-state index contributed by atoms with van der Waals surface area (Å²) in [4.78, 5) is 12.6. The molecular weight excluding hydrogens is 345 g/mol. The number of anilines is 1. The van der Waals surface area contributed by atoms with Crippen molar-refractivity contribution in [3.8, 4) is 11.3 Å². The highest BCUT2D eigenvalue weighted by atomic mass is 19.3. The topological polar surface area (TPSA) is 81.5 Å². The van der Waals surface area contributed by atoms with Crippen LogP contribution in [0.5, 0.6) is 0 Å². The van der Waals surface area contributed by atoms with Crippen LogP contribution in [-0.2, 0) is 0 Å². The molecule has 0 bridgehead atoms. The molecule has 2 N–H and O–H groups in total. The summed E-state index contributed by atoms with van der Waals surface area (Å²) in [6.45, 7) is 3.42. The molecule has 0 saturated heterocycles. The molecule has 0 amide bonds. The minimum absolute atomic E-state index is 0. The summed E-state index contributed by atoms with van der Waals surface area (Å²) in [5, 5.41) is 3.93. The maximum Gasteiger partial charge on any atom is 0.239 e. The van der Waals surface area contributed by atoms with E-state index < -0.39 is 12.2 Å². The molecule has 0 aliphatic carbocycles. The number of rotatable bonds is 5. The Kier molecular flexibility index (Phi) is 4.88. The molecule has 0 unspecified atom stereocenters. The van der Waals surface area contributed by atoms with Crippen molar-refractivity contribution in [1.82, 2.24) is 19.6 Å². The molecule has 0 aliphatic rings. The smallest absolute Gasteiger partial charge is 0.239 e. The Morgan fingerprint density at radius 2 is 2.15 bits per heavy atom. The quantitative estimate of drug-likeness (QED) is 0.688. The summed E-state index contributed by atoms with van der Waals surface area (Å²) >= 11 is 0. The van der Waals surface area contributed by atoms with E-state index in [1.165, 1.54) is 16.9 Å². The van der Waals surface area contributed by atoms with Crippen LogP contribution in [-0.4, -0.2) is 31.7 Å². The van der Waals surface area contributed by atoms with E-state index in [2.05, 4.69) is 20.1 Å². The van der Waals surface area contributed by atoms with Gasteiger partial charge in [0.25, 0.3) is 0 Å². The number of hydrogen-bond acceptors (Lipinski definition) is 5. The maximum absolute atomic E-state index is 14.4. The standard InChI is InChI=1S/C17H17F3N6.H2/c1-9(3-6-15(19)20)23-12-4-5-13(24-10(12)2)16-11(18)8-26-14(16)7-22-17(21)25-26;/h4-5,7-8,15H,3,6H2,1-2H3,(H2,21,25);1H. The predicted octanol–water partition coefficient (Wildman–Crippen LogP) is 4.20. The first-order valence-corrected chi connectivity index (χ1v) is 7.95. The molecule has 9 heteroatoms. The van der Waals surface area contributed by atoms with Crippen LogP contribution >= 0.6 is 0 Å². The normalized spacial score (nSPS) is 12.3. The Bertz CT molecular complexity index is 986. The number of aryl methyl sites for hydroxylation is 1. The molecule has 0 spiro atoms. The summed E-state index contributed by atoms with van der Waals surface area (Å²) in [5.41, 5.74) is 8.33. The highest BCUT2D eigenvalue weighted by Gasteiger charge is 2.16. The van der Waals surface area contributed by atoms with Gasteiger partial charge in [0.05, 0.1) is 40.5 Å². The largest absolute Gasteiger partial charge is 0.367 e. The van der Waals surface area contributed by atoms with Crippen LogP contribution in [0.2, 0.25) is 0 Å². The number of nitrogens with zero attached hydrogens (tertiary/aromatic N) is 5. The highest BCUT2D eigenvalue weighted by molar-refractivity contribution is 5.85. The third-order valence-electron chi connectivity index (χ3n) is 3.86. The molecule has 0 saturated carbocycles. The molecule has 0 aromatic carbocycles. The van der Waals surface area contributed by atoms with Gasteiger partial charge < -0.3 is 5.73 Å². The zero-order valence-corrected chi connectivity index (χ0v) is 14.2. The van der Waals surface area contributed by atoms with Crippen molar-refractivity contribution < 1.29 is 14.6 Å². The Labute approximate surface area is 149 Å². The number of halogens is 3. The van der Waals surface area contributed by atoms with Gasteiger partial charge >= 0.3 is 0 Å². The molecule has 26 heavy (non-hydrogen) atoms. The van der Waals surface area contributed by atoms with E-state index in [4.69, 9.17) is 5.73 Å². The molecule has 3 rings (SSSR count). The minimum Gasteiger partial charge on any atom is -0.367 e. The van der Waals surface area contributed by atoms with Crippen LogP contribution in [0.3, 0.4) is 0 Å². The van der Waals surface area contributed by atoms with E-state index in [9.17, 15) is 13.2 Å². The summed E-state index contributed by atoms with van der Waals surface area (Å²) in [5.74, 6) is -0.465. The number of nitrogen functional groups attached to an aromatic ring is 1. The molecule has 0 radical (unpaired) electrons. The van der Waals surface area contributed by atoms with Gasteiger partial charge in [-0.15, -0.1) is 5.10 Å². The molecule has 0 atom stereocenters. The fraction of sp³-hybridized carbons (Fsp3) is 0.294. The third-order valence-corrected chi connectivity index (χ3v) is 3.86. The SMILES string of the molecule is CC(CCC(F)F)=Nc1ccc(-c2c(F)cn3nc(N)ncc23)nc1C.[HH]. The van der Waals surface area contributed by atoms with Crippen LogP contribution in [0.4, 0.5) is 24.8 Å². The first kappa shape index (κ1) is 17.8. The zero-order valence-electron chi connectivity index (χ0n) is 14.2. The Morgan fingerprint density at radius 1 is 1.38 bits per heavy atom. The molecule has 138 valence electrons. The van der Waals surface area contributed by atoms with Crippen LogP contribution in [0.15, 0.2) is 29.5 Å². The number of alkyl halides is 2. The van der Waals surface area contributed by atoms with Crippen molar-refractivity contribution in [1.29, 1.82) is 0 Å². The highest BCUT2D eigenvalue weighted by Crippen LogP contribution is 2.29. The zero-order chi connectivity index (χ0) is 18.8. The van der Waals surface area contributed by atoms with Crippen LogP contribution in [0, 0.1) is 12.7 Å². The van der Waals surface area contributed by atoms with E-state index >= 15 is 0 Å². The lowest BCUT2D eigenvalue weighted by atomic mass is 10.1. The van der Waals surface area contributed by atoms with Crippen molar-refractivity contribution in [3.05, 3.63) is 36.0 Å². The summed E-state index contributed by atoms with van der Waals surface area (Å²) in [6.07, 6.45) is 0.254. The molecule has 3 aromatic rings. The van der Waals surface area contributed by atoms with Crippen molar-refractivity contribution in [3.63, 3.8) is 0 Å². The van der Waals surface area contributed by atoms with Gasteiger partial charge in [-0.2, -0.15) is 0 Å². The van der Waals surface area contributed by atoms with Crippen LogP contribution in [0.1, 0.15) is 26.9 Å². The van der Waals surface area contributed by atoms with Crippen LogP contribution in [0.25, 0.3) is 16.8 Å². The lowest BCUT2D eigenvalue weighted by molar-refractivity contribution is 0.140. The third kappa shape index (κ3) is 3.66. The van der Waals surface area contributed by atoms with Gasteiger partial charge in [-0.3, -0.25) is 9.98 Å². The van der Waals surface area contributed by atoms with Crippen LogP contribution < -0.4 is 5.73 Å². The first-order chi connectivity index (χ1) is 12.3. The second kappa shape index (κ2) is 7.11. The van der Waals surface area contributed by atoms with E-state index in [0.717, 1.165) is 0 Å². The lowest BCUT2D eigenvalue weighted by Gasteiger charge is -2.06. The van der Waals surface area contributed by atoms with E-state index in [1.54, 1.807) is 26.0 Å². The Hall–Kier alpha value is -2.97. The average molecular weight is 364 g/mol. The van der Waals surface area contributed by atoms with Gasteiger partial charge in [0.15, 0.2) is 5.82 Å². The fourth-order valence-corrected chi connectivity index (χ4v) is 2.59. The molecule has 6 nitrogen and oxygen atoms in total. The van der Waals surface area contributed by atoms with E-state index in [-0.39, 0.29) is 25.8 Å². The van der Waals surface area contributed by atoms with E-state index in [0.29, 0.717) is 28.3 Å². The van der Waals surface area contributed by atoms with Gasteiger partial charge in [0, 0.05) is 13.6 Å². The molecular formula is C17H19F3N6. The molecule has 3 heterocycles. The minimum atomic E-state index is -2.36. The van der Waals surface area contributed by atoms with Crippen molar-refractivity contribution in [2.75, 3.05) is 5.73 Å². The van der Waals surface area contributed by atoms with Gasteiger partial charge in [0.2, 0.25) is 12.4 Å². The number of pyridine rings is 1. The second-order valence-electron chi connectivity index (χ2n) is 5.88. The summed E-state index contributed by atoms with van der Waals surface area (Å²) in [7, 11) is 0. The van der Waals surface area contributed by atoms with Gasteiger partial charge in [-0.05, 0) is 32.4 Å². The number of aliphatic imine (C=N–C) groups is 1. The number of fused-ring (bicyclic) bond motifs is 1. The van der Waals surface area contributed by atoms with Gasteiger partial charge in [-0.25, -0.2) is 22.7 Å². The van der Waals surface area contributed by atoms with Gasteiger partial charge in [-0.1, -0.05) is 0 Å². The monoisotopic (exact) mass is 364 g/mol. The van der Waals surface area contributed by atoms with Gasteiger partial charge in [0.1, 0.15) is 0 Å². The second-order valence-corrected chi connectivity index (χ2v) is 5.88. The fourth-order valence-electron chi connectivity index (χ4n) is 2.59.